The molecule has 0 spiro atoms. The quantitative estimate of drug-likeness (QED) is 0.459. The highest BCUT2D eigenvalue weighted by Crippen LogP contribution is 2.37. The molecule has 4 rings (SSSR count). The van der Waals surface area contributed by atoms with Gasteiger partial charge in [0.2, 0.25) is 0 Å². The van der Waals surface area contributed by atoms with Crippen molar-refractivity contribution in [2.24, 2.45) is 0 Å². The maximum atomic E-state index is 12.9. The molecule has 0 unspecified atom stereocenters. The van der Waals surface area contributed by atoms with Gasteiger partial charge in [0.15, 0.2) is 0 Å². The van der Waals surface area contributed by atoms with Gasteiger partial charge in [-0.05, 0) is 59.8 Å². The van der Waals surface area contributed by atoms with Gasteiger partial charge in [0.25, 0.3) is 11.1 Å². The van der Waals surface area contributed by atoms with Gasteiger partial charge in [0.1, 0.15) is 12.4 Å². The Hall–Kier alpha value is -3.55. The molecule has 32 heavy (non-hydrogen) atoms. The van der Waals surface area contributed by atoms with Crippen LogP contribution in [0, 0.1) is 0 Å². The third-order valence-corrected chi connectivity index (χ3v) is 5.77. The number of carbonyl (C=O) groups is 3. The highest BCUT2D eigenvalue weighted by molar-refractivity contribution is 8.19. The van der Waals surface area contributed by atoms with Gasteiger partial charge < -0.3 is 9.84 Å². The minimum Gasteiger partial charge on any atom is -0.488 e. The van der Waals surface area contributed by atoms with Crippen LogP contribution in [0.5, 0.6) is 5.75 Å². The summed E-state index contributed by atoms with van der Waals surface area (Å²) < 4.78 is 5.89. The molecule has 0 aliphatic carbocycles. The number of para-hydroxylation sites is 1. The molecule has 1 aliphatic heterocycles. The second-order valence-corrected chi connectivity index (χ2v) is 8.26. The van der Waals surface area contributed by atoms with Gasteiger partial charge in [-0.15, -0.1) is 0 Å². The topological polar surface area (TPSA) is 83.9 Å². The number of benzene rings is 3. The summed E-state index contributed by atoms with van der Waals surface area (Å²) in [5, 5.41) is 9.03. The van der Waals surface area contributed by atoms with E-state index in [1.165, 1.54) is 12.1 Å². The van der Waals surface area contributed by atoms with E-state index in [1.54, 1.807) is 60.7 Å². The SMILES string of the molecule is O=C(O)c1ccc(COc2ccccc2/C=C2/SC(=O)N(c3cccc(Cl)c3)C2=O)cc1. The summed E-state index contributed by atoms with van der Waals surface area (Å²) in [6.07, 6.45) is 1.62. The van der Waals surface area contributed by atoms with Crippen molar-refractivity contribution in [1.29, 1.82) is 0 Å². The van der Waals surface area contributed by atoms with Gasteiger partial charge in [-0.1, -0.05) is 48.0 Å². The molecule has 0 saturated carbocycles. The van der Waals surface area contributed by atoms with Crippen LogP contribution in [0.2, 0.25) is 5.02 Å². The number of thioether (sulfide) groups is 1. The number of carboxylic acid groups (broad SMARTS) is 1. The number of aromatic carboxylic acids is 1. The van der Waals surface area contributed by atoms with Crippen LogP contribution in [0.3, 0.4) is 0 Å². The zero-order valence-corrected chi connectivity index (χ0v) is 18.1. The van der Waals surface area contributed by atoms with E-state index in [0.29, 0.717) is 22.0 Å². The number of nitrogens with zero attached hydrogens (tertiary/aromatic N) is 1. The maximum Gasteiger partial charge on any atom is 0.335 e. The molecule has 3 aromatic carbocycles. The molecular formula is C24H16ClNO5S. The molecular weight excluding hydrogens is 450 g/mol. The van der Waals surface area contributed by atoms with E-state index in [-0.39, 0.29) is 17.1 Å². The summed E-state index contributed by atoms with van der Waals surface area (Å²) in [5.74, 6) is -0.889. The van der Waals surface area contributed by atoms with E-state index >= 15 is 0 Å². The van der Waals surface area contributed by atoms with Gasteiger partial charge in [-0.3, -0.25) is 9.59 Å². The summed E-state index contributed by atoms with van der Waals surface area (Å²) in [5.41, 5.74) is 2.06. The van der Waals surface area contributed by atoms with E-state index in [9.17, 15) is 14.4 Å². The Kier molecular flexibility index (Phi) is 6.30. The van der Waals surface area contributed by atoms with Crippen molar-refractivity contribution in [3.05, 3.63) is 99.4 Å². The average Bonchev–Trinajstić information content (AvgIpc) is 3.06. The number of carbonyl (C=O) groups excluding carboxylic acids is 2. The molecule has 1 fully saturated rings. The zero-order valence-electron chi connectivity index (χ0n) is 16.5. The Bertz CT molecular complexity index is 1240. The van der Waals surface area contributed by atoms with Crippen LogP contribution in [0.1, 0.15) is 21.5 Å². The monoisotopic (exact) mass is 465 g/mol. The molecule has 2 amide bonds. The summed E-state index contributed by atoms with van der Waals surface area (Å²) in [6.45, 7) is 0.217. The lowest BCUT2D eigenvalue weighted by Gasteiger charge is -2.12. The third kappa shape index (κ3) is 4.69. The normalized spacial score (nSPS) is 14.8. The van der Waals surface area contributed by atoms with Crippen LogP contribution in [0.25, 0.3) is 6.08 Å². The second kappa shape index (κ2) is 9.30. The highest BCUT2D eigenvalue weighted by atomic mass is 35.5. The predicted octanol–water partition coefficient (Wildman–Crippen LogP) is 5.86. The van der Waals surface area contributed by atoms with Crippen molar-refractivity contribution in [2.75, 3.05) is 4.90 Å². The minimum atomic E-state index is -0.991. The van der Waals surface area contributed by atoms with Gasteiger partial charge >= 0.3 is 5.97 Å². The van der Waals surface area contributed by atoms with Crippen molar-refractivity contribution < 1.29 is 24.2 Å². The Morgan fingerprint density at radius 1 is 1.03 bits per heavy atom. The second-order valence-electron chi connectivity index (χ2n) is 6.83. The number of carboxylic acids is 1. The molecule has 1 aliphatic rings. The molecule has 6 nitrogen and oxygen atoms in total. The van der Waals surface area contributed by atoms with Crippen LogP contribution in [0.15, 0.2) is 77.7 Å². The smallest absolute Gasteiger partial charge is 0.335 e. The summed E-state index contributed by atoms with van der Waals surface area (Å²) in [4.78, 5) is 37.7. The Balaban J connectivity index is 1.54. The van der Waals surface area contributed by atoms with Crippen LogP contribution in [0.4, 0.5) is 10.5 Å². The van der Waals surface area contributed by atoms with E-state index in [1.807, 2.05) is 6.07 Å². The van der Waals surface area contributed by atoms with Gasteiger partial charge in [-0.2, -0.15) is 0 Å². The maximum absolute atomic E-state index is 12.9. The van der Waals surface area contributed by atoms with Gasteiger partial charge in [0.05, 0.1) is 16.2 Å². The van der Waals surface area contributed by atoms with E-state index in [4.69, 9.17) is 21.4 Å². The van der Waals surface area contributed by atoms with Crippen molar-refractivity contribution in [2.45, 2.75) is 6.61 Å². The van der Waals surface area contributed by atoms with Crippen molar-refractivity contribution in [3.63, 3.8) is 0 Å². The largest absolute Gasteiger partial charge is 0.488 e. The fraction of sp³-hybridized carbons (Fsp3) is 0.0417. The minimum absolute atomic E-state index is 0.199. The zero-order chi connectivity index (χ0) is 22.7. The molecule has 1 heterocycles. The van der Waals surface area contributed by atoms with Crippen molar-refractivity contribution >= 4 is 52.2 Å². The molecule has 3 aromatic rings. The van der Waals surface area contributed by atoms with Crippen LogP contribution < -0.4 is 9.64 Å². The van der Waals surface area contributed by atoms with Gasteiger partial charge in [-0.25, -0.2) is 9.69 Å². The molecule has 8 heteroatoms. The molecule has 1 N–H and O–H groups in total. The summed E-state index contributed by atoms with van der Waals surface area (Å²) >= 11 is 6.85. The molecule has 0 atom stereocenters. The van der Waals surface area contributed by atoms with E-state index in [2.05, 4.69) is 0 Å². The average molecular weight is 466 g/mol. The molecule has 0 radical (unpaired) electrons. The number of anilines is 1. The predicted molar refractivity (Wildman–Crippen MR) is 124 cm³/mol. The van der Waals surface area contributed by atoms with Crippen molar-refractivity contribution in [3.8, 4) is 5.75 Å². The Morgan fingerprint density at radius 3 is 2.50 bits per heavy atom. The number of halogens is 1. The first kappa shape index (κ1) is 21.7. The number of hydrogen-bond donors (Lipinski definition) is 1. The highest BCUT2D eigenvalue weighted by Gasteiger charge is 2.36. The number of ether oxygens (including phenoxy) is 1. The fourth-order valence-corrected chi connectivity index (χ4v) is 4.10. The molecule has 1 saturated heterocycles. The number of rotatable bonds is 6. The van der Waals surface area contributed by atoms with Crippen LogP contribution in [-0.4, -0.2) is 22.2 Å². The Morgan fingerprint density at radius 2 is 1.78 bits per heavy atom. The fourth-order valence-electron chi connectivity index (χ4n) is 3.08. The van der Waals surface area contributed by atoms with E-state index in [0.717, 1.165) is 22.2 Å². The number of hydrogen-bond acceptors (Lipinski definition) is 5. The number of imide groups is 1. The summed E-state index contributed by atoms with van der Waals surface area (Å²) in [6, 6.07) is 20.1. The Labute approximate surface area is 193 Å². The first-order valence-electron chi connectivity index (χ1n) is 9.50. The van der Waals surface area contributed by atoms with Crippen LogP contribution >= 0.6 is 23.4 Å². The molecule has 160 valence electrons. The van der Waals surface area contributed by atoms with Gasteiger partial charge in [0, 0.05) is 10.6 Å². The summed E-state index contributed by atoms with van der Waals surface area (Å²) in [7, 11) is 0. The standard InChI is InChI=1S/C24H16ClNO5S/c25-18-5-3-6-19(13-18)26-22(27)21(32-24(26)30)12-17-4-1-2-7-20(17)31-14-15-8-10-16(11-9-15)23(28)29/h1-13H,14H2,(H,28,29)/b21-12+. The lowest BCUT2D eigenvalue weighted by Crippen LogP contribution is -2.27. The van der Waals surface area contributed by atoms with E-state index < -0.39 is 17.1 Å². The first-order chi connectivity index (χ1) is 15.4. The number of amides is 2. The van der Waals surface area contributed by atoms with Crippen molar-refractivity contribution in [1.82, 2.24) is 0 Å². The third-order valence-electron chi connectivity index (χ3n) is 4.66. The van der Waals surface area contributed by atoms with Crippen LogP contribution in [-0.2, 0) is 11.4 Å². The lowest BCUT2D eigenvalue weighted by molar-refractivity contribution is -0.113. The molecule has 0 aromatic heterocycles. The molecule has 0 bridgehead atoms. The first-order valence-corrected chi connectivity index (χ1v) is 10.7. The lowest BCUT2D eigenvalue weighted by atomic mass is 10.1.